The summed E-state index contributed by atoms with van der Waals surface area (Å²) in [5, 5.41) is 11.6. The molecule has 34 heavy (non-hydrogen) atoms. The maximum Gasteiger partial charge on any atom is 0.295 e. The van der Waals surface area contributed by atoms with Crippen LogP contribution in [-0.2, 0) is 14.3 Å². The zero-order valence-electron chi connectivity index (χ0n) is 19.9. The largest absolute Gasteiger partial charge is 0.507 e. The summed E-state index contributed by atoms with van der Waals surface area (Å²) in [6, 6.07) is 9.81. The number of aliphatic hydroxyl groups excluding tert-OH is 1. The second-order valence-electron chi connectivity index (χ2n) is 8.71. The van der Waals surface area contributed by atoms with Crippen LogP contribution in [0.3, 0.4) is 0 Å². The van der Waals surface area contributed by atoms with Gasteiger partial charge in [0.05, 0.1) is 41.5 Å². The van der Waals surface area contributed by atoms with E-state index in [2.05, 4.69) is 13.8 Å². The van der Waals surface area contributed by atoms with E-state index < -0.39 is 17.7 Å². The van der Waals surface area contributed by atoms with Crippen molar-refractivity contribution in [3.63, 3.8) is 0 Å². The second-order valence-corrected chi connectivity index (χ2v) is 9.52. The van der Waals surface area contributed by atoms with Crippen molar-refractivity contribution >= 4 is 40.7 Å². The number of ether oxygens (including phenoxy) is 2. The lowest BCUT2D eigenvalue weighted by molar-refractivity contribution is -0.140. The summed E-state index contributed by atoms with van der Waals surface area (Å²) in [6.07, 6.45) is -0.0239. The first kappa shape index (κ1) is 26.1. The number of carbonyl (C=O) groups excluding carboxylic acids is 2. The van der Waals surface area contributed by atoms with Gasteiger partial charge in [-0.25, -0.2) is 0 Å². The maximum absolute atomic E-state index is 13.1. The average molecular weight is 506 g/mol. The molecule has 1 amide bonds. The lowest BCUT2D eigenvalue weighted by Crippen LogP contribution is -2.33. The molecular weight excluding hydrogens is 477 g/mol. The van der Waals surface area contributed by atoms with Crippen molar-refractivity contribution in [1.82, 2.24) is 4.90 Å². The van der Waals surface area contributed by atoms with Crippen LogP contribution in [0.2, 0.25) is 10.0 Å². The zero-order valence-corrected chi connectivity index (χ0v) is 21.4. The third kappa shape index (κ3) is 5.24. The fourth-order valence-corrected chi connectivity index (χ4v) is 4.60. The summed E-state index contributed by atoms with van der Waals surface area (Å²) in [6.45, 7) is 8.41. The van der Waals surface area contributed by atoms with Gasteiger partial charge in [-0.2, -0.15) is 0 Å². The normalized spacial score (nSPS) is 17.8. The lowest BCUT2D eigenvalue weighted by Gasteiger charge is -2.26. The van der Waals surface area contributed by atoms with E-state index in [1.54, 1.807) is 0 Å². The smallest absolute Gasteiger partial charge is 0.295 e. The van der Waals surface area contributed by atoms with Crippen LogP contribution in [0.25, 0.3) is 5.76 Å². The van der Waals surface area contributed by atoms with Gasteiger partial charge in [0.2, 0.25) is 0 Å². The molecular formula is C26H29Cl2NO5. The number of ketones is 1. The Morgan fingerprint density at radius 3 is 2.15 bits per heavy atom. The summed E-state index contributed by atoms with van der Waals surface area (Å²) in [5.74, 6) is -1.24. The Labute approximate surface area is 210 Å². The SMILES string of the molecule is COc1c(Cl)cc(/C(O)=C2\C(=O)C(=O)N(CCOC(C)C)C2c2ccc(C(C)C)cc2)cc1Cl. The molecule has 0 bridgehead atoms. The van der Waals surface area contributed by atoms with Gasteiger partial charge in [-0.15, -0.1) is 0 Å². The van der Waals surface area contributed by atoms with Crippen molar-refractivity contribution in [3.05, 3.63) is 68.7 Å². The third-order valence-electron chi connectivity index (χ3n) is 5.72. The molecule has 1 saturated heterocycles. The van der Waals surface area contributed by atoms with Gasteiger partial charge in [-0.3, -0.25) is 9.59 Å². The van der Waals surface area contributed by atoms with Crippen molar-refractivity contribution in [1.29, 1.82) is 0 Å². The standard InChI is InChI=1S/C26H29Cl2NO5/c1-14(2)16-6-8-17(9-7-16)22-21(24(31)26(32)29(22)10-11-34-15(3)4)23(30)18-12-19(27)25(33-5)20(28)13-18/h6-9,12-15,22,30H,10-11H2,1-5H3/b23-21+. The van der Waals surface area contributed by atoms with Crippen LogP contribution in [0.1, 0.15) is 56.3 Å². The minimum absolute atomic E-state index is 0.0239. The van der Waals surface area contributed by atoms with Gasteiger partial charge in [-0.1, -0.05) is 61.3 Å². The van der Waals surface area contributed by atoms with E-state index in [1.165, 1.54) is 24.1 Å². The summed E-state index contributed by atoms with van der Waals surface area (Å²) in [7, 11) is 1.43. The van der Waals surface area contributed by atoms with Crippen LogP contribution in [0.5, 0.6) is 5.75 Å². The number of nitrogens with zero attached hydrogens (tertiary/aromatic N) is 1. The topological polar surface area (TPSA) is 76.1 Å². The van der Waals surface area contributed by atoms with Crippen LogP contribution in [0, 0.1) is 0 Å². The van der Waals surface area contributed by atoms with E-state index in [9.17, 15) is 14.7 Å². The number of amides is 1. The van der Waals surface area contributed by atoms with Gasteiger partial charge in [0.1, 0.15) is 5.76 Å². The van der Waals surface area contributed by atoms with E-state index in [0.717, 1.165) is 5.56 Å². The van der Waals surface area contributed by atoms with Crippen LogP contribution in [0.4, 0.5) is 0 Å². The number of benzene rings is 2. The van der Waals surface area contributed by atoms with E-state index in [0.29, 0.717) is 11.5 Å². The van der Waals surface area contributed by atoms with E-state index >= 15 is 0 Å². The Hall–Kier alpha value is -2.54. The molecule has 1 atom stereocenters. The highest BCUT2D eigenvalue weighted by molar-refractivity contribution is 6.46. The maximum atomic E-state index is 13.1. The molecule has 1 unspecified atom stereocenters. The van der Waals surface area contributed by atoms with Gasteiger partial charge in [0, 0.05) is 12.1 Å². The van der Waals surface area contributed by atoms with Crippen LogP contribution < -0.4 is 4.74 Å². The Bertz CT molecular complexity index is 1090. The molecule has 0 spiro atoms. The molecule has 0 aliphatic carbocycles. The predicted molar refractivity (Wildman–Crippen MR) is 134 cm³/mol. The highest BCUT2D eigenvalue weighted by Crippen LogP contribution is 2.42. The molecule has 3 rings (SSSR count). The summed E-state index contributed by atoms with van der Waals surface area (Å²) >= 11 is 12.5. The van der Waals surface area contributed by atoms with Gasteiger partial charge < -0.3 is 19.5 Å². The quantitative estimate of drug-likeness (QED) is 0.271. The molecule has 2 aromatic rings. The first-order valence-electron chi connectivity index (χ1n) is 11.1. The van der Waals surface area contributed by atoms with E-state index in [1.807, 2.05) is 38.1 Å². The first-order valence-corrected chi connectivity index (χ1v) is 11.9. The van der Waals surface area contributed by atoms with E-state index in [-0.39, 0.29) is 51.9 Å². The van der Waals surface area contributed by atoms with Crippen LogP contribution in [0.15, 0.2) is 42.0 Å². The molecule has 6 nitrogen and oxygen atoms in total. The molecule has 182 valence electrons. The number of halogens is 2. The van der Waals surface area contributed by atoms with Gasteiger partial charge in [0.15, 0.2) is 5.75 Å². The summed E-state index contributed by atoms with van der Waals surface area (Å²) in [5.41, 5.74) is 2.03. The second kappa shape index (κ2) is 10.8. The number of carbonyl (C=O) groups is 2. The van der Waals surface area contributed by atoms with Gasteiger partial charge in [-0.05, 0) is 43.0 Å². The number of Topliss-reactive ketones (excluding diaryl/α,β-unsaturated/α-hetero) is 1. The van der Waals surface area contributed by atoms with E-state index in [4.69, 9.17) is 32.7 Å². The van der Waals surface area contributed by atoms with Gasteiger partial charge >= 0.3 is 0 Å². The third-order valence-corrected chi connectivity index (χ3v) is 6.28. The number of methoxy groups -OCH3 is 1. The lowest BCUT2D eigenvalue weighted by atomic mass is 9.93. The predicted octanol–water partition coefficient (Wildman–Crippen LogP) is 5.97. The monoisotopic (exact) mass is 505 g/mol. The number of hydrogen-bond acceptors (Lipinski definition) is 5. The Morgan fingerprint density at radius 1 is 1.06 bits per heavy atom. The highest BCUT2D eigenvalue weighted by atomic mass is 35.5. The minimum atomic E-state index is -0.781. The van der Waals surface area contributed by atoms with Gasteiger partial charge in [0.25, 0.3) is 11.7 Å². The number of likely N-dealkylation sites (tertiary alicyclic amines) is 1. The Balaban J connectivity index is 2.14. The van der Waals surface area contributed by atoms with Crippen LogP contribution >= 0.6 is 23.2 Å². The Morgan fingerprint density at radius 2 is 1.65 bits per heavy atom. The fraction of sp³-hybridized carbons (Fsp3) is 0.385. The van der Waals surface area contributed by atoms with Crippen molar-refractivity contribution in [3.8, 4) is 5.75 Å². The number of hydrogen-bond donors (Lipinski definition) is 1. The summed E-state index contributed by atoms with van der Waals surface area (Å²) in [4.78, 5) is 27.6. The molecule has 0 saturated carbocycles. The average Bonchev–Trinajstić information content (AvgIpc) is 3.03. The molecule has 2 aromatic carbocycles. The van der Waals surface area contributed by atoms with Crippen molar-refractivity contribution in [2.75, 3.05) is 20.3 Å². The Kier molecular flexibility index (Phi) is 8.29. The number of aliphatic hydroxyl groups is 1. The molecule has 1 fully saturated rings. The molecule has 8 heteroatoms. The number of rotatable bonds is 8. The van der Waals surface area contributed by atoms with Crippen molar-refractivity contribution in [2.24, 2.45) is 0 Å². The fourth-order valence-electron chi connectivity index (χ4n) is 3.95. The molecule has 0 aromatic heterocycles. The molecule has 1 aliphatic heterocycles. The van der Waals surface area contributed by atoms with Crippen molar-refractivity contribution < 1.29 is 24.2 Å². The highest BCUT2D eigenvalue weighted by Gasteiger charge is 2.46. The first-order chi connectivity index (χ1) is 16.1. The molecule has 0 radical (unpaired) electrons. The van der Waals surface area contributed by atoms with Crippen LogP contribution in [-0.4, -0.2) is 48.1 Å². The summed E-state index contributed by atoms with van der Waals surface area (Å²) < 4.78 is 10.8. The minimum Gasteiger partial charge on any atom is -0.507 e. The molecule has 1 heterocycles. The van der Waals surface area contributed by atoms with Crippen molar-refractivity contribution in [2.45, 2.75) is 45.8 Å². The molecule has 1 N–H and O–H groups in total. The zero-order chi connectivity index (χ0) is 25.2. The molecule has 1 aliphatic rings.